The predicted octanol–water partition coefficient (Wildman–Crippen LogP) is 7.68. The summed E-state index contributed by atoms with van der Waals surface area (Å²) in [6.45, 7) is 16.3. The van der Waals surface area contributed by atoms with E-state index in [-0.39, 0.29) is 0 Å². The van der Waals surface area contributed by atoms with Gasteiger partial charge in [0.1, 0.15) is 36.4 Å². The summed E-state index contributed by atoms with van der Waals surface area (Å²) in [5.41, 5.74) is 9.41. The molecule has 0 amide bonds. The molecule has 0 aliphatic carbocycles. The van der Waals surface area contributed by atoms with Crippen LogP contribution in [0, 0.1) is 20.8 Å². The Labute approximate surface area is 313 Å². The molecule has 0 N–H and O–H groups in total. The normalized spacial score (nSPS) is 16.1. The first-order chi connectivity index (χ1) is 26.0. The van der Waals surface area contributed by atoms with Crippen LogP contribution in [0.4, 0.5) is 0 Å². The molecule has 2 aromatic heterocycles. The quantitative estimate of drug-likeness (QED) is 0.122. The predicted molar refractivity (Wildman–Crippen MR) is 211 cm³/mol. The van der Waals surface area contributed by atoms with Crippen molar-refractivity contribution in [3.05, 3.63) is 119 Å². The molecule has 0 spiro atoms. The van der Waals surface area contributed by atoms with Gasteiger partial charge >= 0.3 is 0 Å². The van der Waals surface area contributed by atoms with E-state index < -0.39 is 0 Å². The molecule has 6 aromatic rings. The Morgan fingerprint density at radius 2 is 1.19 bits per heavy atom. The number of rotatable bonds is 13. The molecule has 9 heteroatoms. The average Bonchev–Trinajstić information content (AvgIpc) is 3.71. The zero-order valence-electron chi connectivity index (χ0n) is 31.5. The summed E-state index contributed by atoms with van der Waals surface area (Å²) in [6, 6.07) is 29.8. The van der Waals surface area contributed by atoms with Crippen LogP contribution in [-0.4, -0.2) is 81.5 Å². The minimum Gasteiger partial charge on any atom is -0.491 e. The number of aryl methyl sites for hydroxylation is 2. The van der Waals surface area contributed by atoms with Gasteiger partial charge in [-0.1, -0.05) is 54.6 Å². The van der Waals surface area contributed by atoms with Crippen LogP contribution in [0.2, 0.25) is 0 Å². The topological polar surface area (TPSA) is 69.8 Å². The first-order valence-corrected chi connectivity index (χ1v) is 19.3. The zero-order chi connectivity index (χ0) is 36.1. The van der Waals surface area contributed by atoms with Crippen molar-refractivity contribution in [2.75, 3.05) is 52.6 Å². The van der Waals surface area contributed by atoms with E-state index in [1.165, 1.54) is 33.3 Å². The highest BCUT2D eigenvalue weighted by molar-refractivity contribution is 5.76. The summed E-state index contributed by atoms with van der Waals surface area (Å²) in [4.78, 5) is 15.1. The van der Waals surface area contributed by atoms with E-state index in [2.05, 4.69) is 125 Å². The van der Waals surface area contributed by atoms with Crippen LogP contribution >= 0.6 is 0 Å². The highest BCUT2D eigenvalue weighted by Gasteiger charge is 2.26. The van der Waals surface area contributed by atoms with E-state index >= 15 is 0 Å². The van der Waals surface area contributed by atoms with Gasteiger partial charge in [-0.25, -0.2) is 9.97 Å². The molecule has 0 radical (unpaired) electrons. The average molecular weight is 713 g/mol. The van der Waals surface area contributed by atoms with Crippen LogP contribution in [-0.2, 0) is 30.9 Å². The summed E-state index contributed by atoms with van der Waals surface area (Å²) in [5, 5.41) is 0. The van der Waals surface area contributed by atoms with E-state index in [9.17, 15) is 0 Å². The number of nitrogens with zero attached hydrogens (tertiary/aromatic N) is 6. The minimum absolute atomic E-state index is 0.455. The van der Waals surface area contributed by atoms with Crippen LogP contribution in [0.25, 0.3) is 22.1 Å². The molecule has 0 unspecified atom stereocenters. The van der Waals surface area contributed by atoms with Crippen LogP contribution in [0.15, 0.2) is 84.9 Å². The smallest absolute Gasteiger partial charge is 0.125 e. The van der Waals surface area contributed by atoms with Gasteiger partial charge in [-0.15, -0.1) is 0 Å². The molecule has 9 nitrogen and oxygen atoms in total. The third kappa shape index (κ3) is 7.84. The molecule has 2 aliphatic rings. The van der Waals surface area contributed by atoms with E-state index in [4.69, 9.17) is 24.2 Å². The van der Waals surface area contributed by atoms with Gasteiger partial charge in [0.2, 0.25) is 0 Å². The molecule has 2 aliphatic heterocycles. The number of hydrogen-bond acceptors (Lipinski definition) is 7. The summed E-state index contributed by atoms with van der Waals surface area (Å²) in [6.07, 6.45) is 2.18. The lowest BCUT2D eigenvalue weighted by atomic mass is 9.88. The van der Waals surface area contributed by atoms with Gasteiger partial charge < -0.3 is 23.3 Å². The zero-order valence-corrected chi connectivity index (χ0v) is 31.5. The maximum atomic E-state index is 6.72. The number of fused-ring (bicyclic) bond motifs is 2. The number of para-hydroxylation sites is 5. The highest BCUT2D eigenvalue weighted by Crippen LogP contribution is 2.37. The summed E-state index contributed by atoms with van der Waals surface area (Å²) in [5.74, 6) is 4.67. The molecule has 276 valence electrons. The largest absolute Gasteiger partial charge is 0.491 e. The molecule has 0 bridgehead atoms. The molecule has 4 aromatic carbocycles. The number of hydrogen-bond donors (Lipinski definition) is 0. The second-order valence-corrected chi connectivity index (χ2v) is 14.7. The first kappa shape index (κ1) is 35.3. The Kier molecular flexibility index (Phi) is 10.8. The van der Waals surface area contributed by atoms with Gasteiger partial charge in [0.15, 0.2) is 0 Å². The lowest BCUT2D eigenvalue weighted by Gasteiger charge is -2.33. The maximum absolute atomic E-state index is 6.72. The van der Waals surface area contributed by atoms with Crippen molar-refractivity contribution in [1.82, 2.24) is 28.9 Å². The van der Waals surface area contributed by atoms with Crippen LogP contribution < -0.4 is 9.47 Å². The lowest BCUT2D eigenvalue weighted by molar-refractivity contribution is 0.0326. The molecule has 0 saturated carbocycles. The van der Waals surface area contributed by atoms with Crippen LogP contribution in [0.1, 0.15) is 52.7 Å². The summed E-state index contributed by atoms with van der Waals surface area (Å²) in [7, 11) is 0. The van der Waals surface area contributed by atoms with Crippen LogP contribution in [0.5, 0.6) is 11.5 Å². The minimum atomic E-state index is 0.455. The van der Waals surface area contributed by atoms with Crippen molar-refractivity contribution in [2.24, 2.45) is 0 Å². The van der Waals surface area contributed by atoms with Crippen molar-refractivity contribution in [1.29, 1.82) is 0 Å². The standard InChI is InChI=1S/C44H52N6O3/c1-32-10-9-17-41(34(32)3)52-28-24-49-39-15-6-4-13-37(39)45-42(49)30-47-20-18-35(19-21-47)36-12-8-11-33(2)44(36)53-29-25-50-40-16-7-5-14-38(40)46-43(50)31-48-22-26-51-27-23-48/h4-17,35H,18-31H2,1-3H3. The van der Waals surface area contributed by atoms with Crippen molar-refractivity contribution in [2.45, 2.75) is 65.7 Å². The molecule has 4 heterocycles. The first-order valence-electron chi connectivity index (χ1n) is 19.3. The fraction of sp³-hybridized carbons (Fsp3) is 0.409. The molecule has 8 rings (SSSR count). The maximum Gasteiger partial charge on any atom is 0.125 e. The van der Waals surface area contributed by atoms with Gasteiger partial charge in [-0.05, 0) is 105 Å². The Balaban J connectivity index is 0.916. The molecule has 53 heavy (non-hydrogen) atoms. The number of morpholine rings is 1. The highest BCUT2D eigenvalue weighted by atomic mass is 16.5. The number of ether oxygens (including phenoxy) is 3. The number of aromatic nitrogens is 4. The lowest BCUT2D eigenvalue weighted by Crippen LogP contribution is -2.36. The molecule has 2 fully saturated rings. The fourth-order valence-electron chi connectivity index (χ4n) is 8.11. The molecule has 2 saturated heterocycles. The summed E-state index contributed by atoms with van der Waals surface area (Å²) < 4.78 is 23.3. The van der Waals surface area contributed by atoms with Gasteiger partial charge in [0, 0.05) is 13.1 Å². The second kappa shape index (κ2) is 16.1. The number of piperidine rings is 1. The van der Waals surface area contributed by atoms with Crippen LogP contribution in [0.3, 0.4) is 0 Å². The number of likely N-dealkylation sites (tertiary alicyclic amines) is 1. The van der Waals surface area contributed by atoms with Gasteiger partial charge in [-0.3, -0.25) is 9.80 Å². The Hall–Kier alpha value is -4.70. The van der Waals surface area contributed by atoms with E-state index in [1.807, 2.05) is 0 Å². The Morgan fingerprint density at radius 3 is 1.85 bits per heavy atom. The summed E-state index contributed by atoms with van der Waals surface area (Å²) >= 11 is 0. The third-order valence-electron chi connectivity index (χ3n) is 11.3. The second-order valence-electron chi connectivity index (χ2n) is 14.7. The van der Waals surface area contributed by atoms with Crippen molar-refractivity contribution >= 4 is 22.1 Å². The SMILES string of the molecule is Cc1cccc(OCCn2c(CN3CCC(c4cccc(C)c4OCCn4c(CN5CCOCC5)nc5ccccc54)CC3)nc3ccccc32)c1C. The Bertz CT molecular complexity index is 2160. The number of benzene rings is 4. The van der Waals surface area contributed by atoms with Crippen molar-refractivity contribution in [3.8, 4) is 11.5 Å². The van der Waals surface area contributed by atoms with Crippen molar-refractivity contribution < 1.29 is 14.2 Å². The van der Waals surface area contributed by atoms with E-state index in [0.29, 0.717) is 19.1 Å². The number of imidazole rings is 2. The molecular weight excluding hydrogens is 661 g/mol. The monoisotopic (exact) mass is 712 g/mol. The molecular formula is C44H52N6O3. The van der Waals surface area contributed by atoms with E-state index in [1.54, 1.807) is 0 Å². The molecule has 0 atom stereocenters. The van der Waals surface area contributed by atoms with Gasteiger partial charge in [0.25, 0.3) is 0 Å². The fourth-order valence-corrected chi connectivity index (χ4v) is 8.11. The van der Waals surface area contributed by atoms with E-state index in [0.717, 1.165) is 113 Å². The van der Waals surface area contributed by atoms with Gasteiger partial charge in [0.05, 0.1) is 61.5 Å². The third-order valence-corrected chi connectivity index (χ3v) is 11.3. The Morgan fingerprint density at radius 1 is 0.623 bits per heavy atom. The van der Waals surface area contributed by atoms with Crippen molar-refractivity contribution in [3.63, 3.8) is 0 Å². The van der Waals surface area contributed by atoms with Gasteiger partial charge in [-0.2, -0.15) is 0 Å².